The van der Waals surface area contributed by atoms with Gasteiger partial charge in [0.25, 0.3) is 0 Å². The predicted octanol–water partition coefficient (Wildman–Crippen LogP) is 3.03. The van der Waals surface area contributed by atoms with Gasteiger partial charge in [0, 0.05) is 12.2 Å². The summed E-state index contributed by atoms with van der Waals surface area (Å²) in [5, 5.41) is 7.74. The third-order valence-electron chi connectivity index (χ3n) is 2.86. The van der Waals surface area contributed by atoms with E-state index in [0.717, 1.165) is 18.0 Å². The average molecular weight is 232 g/mol. The summed E-state index contributed by atoms with van der Waals surface area (Å²) in [6.45, 7) is 6.44. The standard InChI is InChI=1S/C13H20N4/c1-4-5-6-11(3)14-13-15-12-9-10(2)7-8-17(12)16-13/h7-9,11H,4-6H2,1-3H3,(H,14,16). The molecule has 2 heterocycles. The highest BCUT2D eigenvalue weighted by Crippen LogP contribution is 2.10. The zero-order chi connectivity index (χ0) is 12.3. The van der Waals surface area contributed by atoms with Gasteiger partial charge in [-0.05, 0) is 38.0 Å². The van der Waals surface area contributed by atoms with E-state index >= 15 is 0 Å². The molecule has 0 saturated heterocycles. The molecule has 0 saturated carbocycles. The number of hydrogen-bond acceptors (Lipinski definition) is 3. The van der Waals surface area contributed by atoms with E-state index in [1.54, 1.807) is 0 Å². The van der Waals surface area contributed by atoms with Crippen molar-refractivity contribution < 1.29 is 0 Å². The van der Waals surface area contributed by atoms with Crippen LogP contribution in [0.1, 0.15) is 38.7 Å². The van der Waals surface area contributed by atoms with Crippen LogP contribution in [-0.4, -0.2) is 20.6 Å². The van der Waals surface area contributed by atoms with E-state index in [2.05, 4.69) is 36.2 Å². The van der Waals surface area contributed by atoms with Crippen LogP contribution < -0.4 is 5.32 Å². The number of pyridine rings is 1. The molecule has 2 aromatic rings. The molecule has 2 rings (SSSR count). The van der Waals surface area contributed by atoms with Crippen LogP contribution in [0.5, 0.6) is 0 Å². The molecule has 4 heteroatoms. The molecule has 0 aromatic carbocycles. The number of hydrogen-bond donors (Lipinski definition) is 1. The van der Waals surface area contributed by atoms with Crippen molar-refractivity contribution in [2.75, 3.05) is 5.32 Å². The van der Waals surface area contributed by atoms with Crippen molar-refractivity contribution in [3.8, 4) is 0 Å². The van der Waals surface area contributed by atoms with E-state index in [0.29, 0.717) is 6.04 Å². The molecule has 0 amide bonds. The van der Waals surface area contributed by atoms with Crippen molar-refractivity contribution in [2.45, 2.75) is 46.1 Å². The van der Waals surface area contributed by atoms with Gasteiger partial charge < -0.3 is 5.32 Å². The van der Waals surface area contributed by atoms with E-state index in [1.807, 2.05) is 22.8 Å². The van der Waals surface area contributed by atoms with Gasteiger partial charge >= 0.3 is 0 Å². The molecule has 0 radical (unpaired) electrons. The Morgan fingerprint density at radius 3 is 3.06 bits per heavy atom. The van der Waals surface area contributed by atoms with Gasteiger partial charge in [0.05, 0.1) is 0 Å². The number of nitrogens with zero attached hydrogens (tertiary/aromatic N) is 3. The van der Waals surface area contributed by atoms with Crippen LogP contribution in [0.25, 0.3) is 5.65 Å². The molecular weight excluding hydrogens is 212 g/mol. The number of aryl methyl sites for hydroxylation is 1. The summed E-state index contributed by atoms with van der Waals surface area (Å²) >= 11 is 0. The molecule has 2 aromatic heterocycles. The molecule has 4 nitrogen and oxygen atoms in total. The zero-order valence-corrected chi connectivity index (χ0v) is 10.8. The lowest BCUT2D eigenvalue weighted by Gasteiger charge is -2.10. The van der Waals surface area contributed by atoms with Crippen LogP contribution in [-0.2, 0) is 0 Å². The second-order valence-corrected chi connectivity index (χ2v) is 4.63. The Morgan fingerprint density at radius 1 is 1.47 bits per heavy atom. The number of rotatable bonds is 5. The van der Waals surface area contributed by atoms with E-state index in [1.165, 1.54) is 18.4 Å². The van der Waals surface area contributed by atoms with Gasteiger partial charge in [0.2, 0.25) is 5.95 Å². The van der Waals surface area contributed by atoms with E-state index in [9.17, 15) is 0 Å². The minimum absolute atomic E-state index is 0.424. The second-order valence-electron chi connectivity index (χ2n) is 4.63. The third-order valence-corrected chi connectivity index (χ3v) is 2.86. The Balaban J connectivity index is 2.08. The Kier molecular flexibility index (Phi) is 3.61. The lowest BCUT2D eigenvalue weighted by Crippen LogP contribution is -2.15. The van der Waals surface area contributed by atoms with Gasteiger partial charge in [0.15, 0.2) is 5.65 Å². The van der Waals surface area contributed by atoms with Crippen LogP contribution >= 0.6 is 0 Å². The highest BCUT2D eigenvalue weighted by Gasteiger charge is 2.06. The summed E-state index contributed by atoms with van der Waals surface area (Å²) in [6, 6.07) is 4.49. The van der Waals surface area contributed by atoms with E-state index < -0.39 is 0 Å². The number of unbranched alkanes of at least 4 members (excludes halogenated alkanes) is 1. The summed E-state index contributed by atoms with van der Waals surface area (Å²) in [5.74, 6) is 0.721. The molecule has 1 N–H and O–H groups in total. The van der Waals surface area contributed by atoms with Crippen LogP contribution in [0.15, 0.2) is 18.3 Å². The molecule has 0 aliphatic carbocycles. The molecule has 0 aliphatic heterocycles. The Labute approximate surface area is 102 Å². The summed E-state index contributed by atoms with van der Waals surface area (Å²) in [4.78, 5) is 4.46. The number of anilines is 1. The SMILES string of the molecule is CCCCC(C)Nc1nc2cc(C)ccn2n1. The first kappa shape index (κ1) is 11.9. The van der Waals surface area contributed by atoms with Gasteiger partial charge in [-0.25, -0.2) is 4.52 Å². The predicted molar refractivity (Wildman–Crippen MR) is 70.3 cm³/mol. The van der Waals surface area contributed by atoms with Gasteiger partial charge in [-0.2, -0.15) is 4.98 Å². The number of aromatic nitrogens is 3. The maximum absolute atomic E-state index is 4.46. The molecule has 0 aliphatic rings. The Hall–Kier alpha value is -1.58. The maximum atomic E-state index is 4.46. The highest BCUT2D eigenvalue weighted by molar-refractivity contribution is 5.45. The topological polar surface area (TPSA) is 42.2 Å². The normalized spacial score (nSPS) is 12.9. The fourth-order valence-corrected chi connectivity index (χ4v) is 1.85. The highest BCUT2D eigenvalue weighted by atomic mass is 15.3. The van der Waals surface area contributed by atoms with Gasteiger partial charge in [0.1, 0.15) is 0 Å². The van der Waals surface area contributed by atoms with E-state index in [-0.39, 0.29) is 0 Å². The first-order chi connectivity index (χ1) is 8.19. The third kappa shape index (κ3) is 2.96. The quantitative estimate of drug-likeness (QED) is 0.861. The number of nitrogens with one attached hydrogen (secondary N) is 1. The van der Waals surface area contributed by atoms with Crippen LogP contribution in [0.3, 0.4) is 0 Å². The molecule has 92 valence electrons. The smallest absolute Gasteiger partial charge is 0.243 e. The summed E-state index contributed by atoms with van der Waals surface area (Å²) in [5.41, 5.74) is 2.10. The molecule has 0 fully saturated rings. The lowest BCUT2D eigenvalue weighted by atomic mass is 10.1. The van der Waals surface area contributed by atoms with Gasteiger partial charge in [-0.3, -0.25) is 0 Å². The first-order valence-electron chi connectivity index (χ1n) is 6.28. The average Bonchev–Trinajstić information content (AvgIpc) is 2.67. The van der Waals surface area contributed by atoms with Gasteiger partial charge in [-0.1, -0.05) is 19.8 Å². The Morgan fingerprint density at radius 2 is 2.29 bits per heavy atom. The van der Waals surface area contributed by atoms with Crippen molar-refractivity contribution in [1.29, 1.82) is 0 Å². The first-order valence-corrected chi connectivity index (χ1v) is 6.28. The van der Waals surface area contributed by atoms with Crippen molar-refractivity contribution >= 4 is 11.6 Å². The van der Waals surface area contributed by atoms with Crippen molar-refractivity contribution in [1.82, 2.24) is 14.6 Å². The fraction of sp³-hybridized carbons (Fsp3) is 0.538. The summed E-state index contributed by atoms with van der Waals surface area (Å²) in [6.07, 6.45) is 5.56. The molecule has 17 heavy (non-hydrogen) atoms. The van der Waals surface area contributed by atoms with E-state index in [4.69, 9.17) is 0 Å². The molecular formula is C13H20N4. The lowest BCUT2D eigenvalue weighted by molar-refractivity contribution is 0.640. The maximum Gasteiger partial charge on any atom is 0.243 e. The monoisotopic (exact) mass is 232 g/mol. The molecule has 0 bridgehead atoms. The van der Waals surface area contributed by atoms with Crippen LogP contribution in [0.2, 0.25) is 0 Å². The van der Waals surface area contributed by atoms with Crippen molar-refractivity contribution in [2.24, 2.45) is 0 Å². The summed E-state index contributed by atoms with van der Waals surface area (Å²) in [7, 11) is 0. The second kappa shape index (κ2) is 5.17. The van der Waals surface area contributed by atoms with Crippen molar-refractivity contribution in [3.05, 3.63) is 23.9 Å². The van der Waals surface area contributed by atoms with Gasteiger partial charge in [-0.15, -0.1) is 5.10 Å². The fourth-order valence-electron chi connectivity index (χ4n) is 1.85. The zero-order valence-electron chi connectivity index (χ0n) is 10.8. The number of fused-ring (bicyclic) bond motifs is 1. The summed E-state index contributed by atoms with van der Waals surface area (Å²) < 4.78 is 1.81. The minimum Gasteiger partial charge on any atom is -0.350 e. The Bertz CT molecular complexity index is 489. The molecule has 1 atom stereocenters. The van der Waals surface area contributed by atoms with Crippen LogP contribution in [0.4, 0.5) is 5.95 Å². The van der Waals surface area contributed by atoms with Crippen molar-refractivity contribution in [3.63, 3.8) is 0 Å². The van der Waals surface area contributed by atoms with Crippen LogP contribution in [0, 0.1) is 6.92 Å². The molecule has 1 unspecified atom stereocenters. The largest absolute Gasteiger partial charge is 0.350 e. The molecule has 0 spiro atoms. The minimum atomic E-state index is 0.424.